The smallest absolute Gasteiger partial charge is 0.351 e. The number of aliphatic hydroxyl groups is 1. The van der Waals surface area contributed by atoms with Gasteiger partial charge in [0, 0.05) is 18.7 Å². The number of nitrogens with two attached hydrogens (primary N) is 1. The van der Waals surface area contributed by atoms with Gasteiger partial charge in [-0.15, -0.1) is 0 Å². The molecule has 1 aliphatic rings. The summed E-state index contributed by atoms with van der Waals surface area (Å²) >= 11 is 0. The second-order valence-electron chi connectivity index (χ2n) is 6.75. The van der Waals surface area contributed by atoms with Gasteiger partial charge >= 0.3 is 17.6 Å². The van der Waals surface area contributed by atoms with E-state index < -0.39 is 36.5 Å². The Balaban J connectivity index is 1.82. The topological polar surface area (TPSA) is 155 Å². The van der Waals surface area contributed by atoms with Crippen LogP contribution in [0.3, 0.4) is 0 Å². The van der Waals surface area contributed by atoms with Gasteiger partial charge in [-0.25, -0.2) is 15.1 Å². The Kier molecular flexibility index (Phi) is 9.03. The highest BCUT2D eigenvalue weighted by atomic mass is 16.7. The zero-order valence-electron chi connectivity index (χ0n) is 16.4. The summed E-state index contributed by atoms with van der Waals surface area (Å²) < 4.78 is 12.0. The third-order valence-corrected chi connectivity index (χ3v) is 4.39. The number of aliphatic hydroxyl groups excluding tert-OH is 1. The quantitative estimate of drug-likeness (QED) is 0.261. The zero-order valence-corrected chi connectivity index (χ0v) is 16.4. The second-order valence-corrected chi connectivity index (χ2v) is 6.75. The summed E-state index contributed by atoms with van der Waals surface area (Å²) in [5.74, 6) is -1.00. The summed E-state index contributed by atoms with van der Waals surface area (Å²) in [7, 11) is 0. The van der Waals surface area contributed by atoms with E-state index in [2.05, 4.69) is 10.5 Å². The first-order chi connectivity index (χ1) is 13.9. The third-order valence-electron chi connectivity index (χ3n) is 4.39. The number of unbranched alkanes of at least 4 members (excludes halogenated alkanes) is 2. The van der Waals surface area contributed by atoms with Gasteiger partial charge in [0.05, 0.1) is 12.7 Å². The fourth-order valence-electron chi connectivity index (χ4n) is 2.74. The summed E-state index contributed by atoms with van der Waals surface area (Å²) in [4.78, 5) is 44.0. The summed E-state index contributed by atoms with van der Waals surface area (Å²) in [5.41, 5.74) is 7.19. The van der Waals surface area contributed by atoms with Crippen LogP contribution in [0.4, 0.5) is 5.82 Å². The molecule has 1 aromatic heterocycles. The zero-order chi connectivity index (χ0) is 21.2. The Morgan fingerprint density at radius 1 is 1.45 bits per heavy atom. The van der Waals surface area contributed by atoms with Crippen LogP contribution in [0, 0.1) is 0 Å². The van der Waals surface area contributed by atoms with E-state index in [0.29, 0.717) is 19.3 Å². The number of nitrogens with one attached hydrogen (secondary N) is 1. The van der Waals surface area contributed by atoms with Gasteiger partial charge in [-0.05, 0) is 19.3 Å². The molecule has 0 spiro atoms. The molecule has 1 saturated heterocycles. The molecule has 0 radical (unpaired) electrons. The van der Waals surface area contributed by atoms with E-state index in [1.165, 1.54) is 16.8 Å². The minimum atomic E-state index is -1.08. The highest BCUT2D eigenvalue weighted by Crippen LogP contribution is 2.27. The van der Waals surface area contributed by atoms with Crippen molar-refractivity contribution in [3.63, 3.8) is 0 Å². The van der Waals surface area contributed by atoms with Gasteiger partial charge in [0.1, 0.15) is 18.9 Å². The number of rotatable bonds is 11. The molecular formula is C18H28N4O7. The Morgan fingerprint density at radius 2 is 2.24 bits per heavy atom. The van der Waals surface area contributed by atoms with E-state index in [9.17, 15) is 14.4 Å². The van der Waals surface area contributed by atoms with E-state index in [4.69, 9.17) is 25.2 Å². The van der Waals surface area contributed by atoms with Gasteiger partial charge in [-0.1, -0.05) is 19.8 Å². The standard InChI is InChI=1S/C18H28N4O7/c1-2-3-4-5-16(24)29-21-14-8-9-22(18(26)20-14)15-7-6-12(28-15)11-27-17(25)13(19)10-23/h8-9,12-13,15,23H,2-7,10-11,19H2,1H3,(H,20,21,26)/t12-,13-,15+/m0/s1. The fraction of sp³-hybridized carbons (Fsp3) is 0.667. The number of anilines is 1. The van der Waals surface area contributed by atoms with Gasteiger partial charge in [-0.3, -0.25) is 9.36 Å². The number of nitrogens with zero attached hydrogens (tertiary/aromatic N) is 2. The van der Waals surface area contributed by atoms with Crippen molar-refractivity contribution in [2.75, 3.05) is 18.7 Å². The average molecular weight is 412 g/mol. The first-order valence-electron chi connectivity index (χ1n) is 9.68. The molecule has 1 aliphatic heterocycles. The van der Waals surface area contributed by atoms with Gasteiger partial charge in [0.15, 0.2) is 5.82 Å². The number of aromatic nitrogens is 2. The Labute approximate surface area is 168 Å². The molecule has 2 rings (SSSR count). The Hall–Kier alpha value is -2.50. The molecular weight excluding hydrogens is 384 g/mol. The lowest BCUT2D eigenvalue weighted by Gasteiger charge is -2.16. The molecule has 0 bridgehead atoms. The number of hydrogen-bond acceptors (Lipinski definition) is 10. The lowest BCUT2D eigenvalue weighted by molar-refractivity contribution is -0.151. The molecule has 11 nitrogen and oxygen atoms in total. The van der Waals surface area contributed by atoms with Crippen molar-refractivity contribution >= 4 is 17.8 Å². The average Bonchev–Trinajstić information content (AvgIpc) is 3.18. The van der Waals surface area contributed by atoms with Crippen LogP contribution >= 0.6 is 0 Å². The lowest BCUT2D eigenvalue weighted by Crippen LogP contribution is -2.37. The molecule has 0 aromatic carbocycles. The summed E-state index contributed by atoms with van der Waals surface area (Å²) in [6, 6.07) is 0.414. The molecule has 0 saturated carbocycles. The molecule has 2 heterocycles. The summed E-state index contributed by atoms with van der Waals surface area (Å²) in [6.45, 7) is 1.53. The number of hydrogen-bond donors (Lipinski definition) is 3. The number of ether oxygens (including phenoxy) is 2. The second kappa shape index (κ2) is 11.5. The number of esters is 1. The van der Waals surface area contributed by atoms with Crippen molar-refractivity contribution in [3.05, 3.63) is 22.7 Å². The highest BCUT2D eigenvalue weighted by Gasteiger charge is 2.29. The van der Waals surface area contributed by atoms with Gasteiger partial charge in [0.25, 0.3) is 0 Å². The Bertz CT molecular complexity index is 739. The molecule has 162 valence electrons. The van der Waals surface area contributed by atoms with Crippen LogP contribution in [0.2, 0.25) is 0 Å². The van der Waals surface area contributed by atoms with E-state index >= 15 is 0 Å². The first-order valence-corrected chi connectivity index (χ1v) is 9.68. The van der Waals surface area contributed by atoms with Crippen LogP contribution in [0.15, 0.2) is 17.1 Å². The van der Waals surface area contributed by atoms with Crippen molar-refractivity contribution in [2.24, 2.45) is 5.73 Å². The van der Waals surface area contributed by atoms with Crippen molar-refractivity contribution < 1.29 is 29.0 Å². The van der Waals surface area contributed by atoms with Gasteiger partial charge in [-0.2, -0.15) is 4.98 Å². The SMILES string of the molecule is CCCCCC(=O)ONc1ccn([C@H]2CC[C@@H](COC(=O)[C@@H](N)CO)O2)c(=O)n1. The van der Waals surface area contributed by atoms with Crippen LogP contribution in [0.25, 0.3) is 0 Å². The summed E-state index contributed by atoms with van der Waals surface area (Å²) in [5, 5.41) is 8.82. The van der Waals surface area contributed by atoms with Crippen LogP contribution in [0.5, 0.6) is 0 Å². The van der Waals surface area contributed by atoms with Gasteiger partial charge < -0.3 is 25.2 Å². The van der Waals surface area contributed by atoms with Crippen LogP contribution in [-0.4, -0.2) is 52.0 Å². The van der Waals surface area contributed by atoms with Crippen molar-refractivity contribution in [1.82, 2.24) is 9.55 Å². The highest BCUT2D eigenvalue weighted by molar-refractivity contribution is 5.75. The van der Waals surface area contributed by atoms with Crippen molar-refractivity contribution in [2.45, 2.75) is 63.8 Å². The largest absolute Gasteiger partial charge is 0.462 e. The lowest BCUT2D eigenvalue weighted by atomic mass is 10.2. The monoisotopic (exact) mass is 412 g/mol. The predicted octanol–water partition coefficient (Wildman–Crippen LogP) is 0.234. The Morgan fingerprint density at radius 3 is 2.93 bits per heavy atom. The van der Waals surface area contributed by atoms with E-state index in [-0.39, 0.29) is 18.5 Å². The van der Waals surface area contributed by atoms with Crippen LogP contribution in [-0.2, 0) is 23.9 Å². The molecule has 1 aromatic rings. The maximum Gasteiger partial charge on any atom is 0.351 e. The normalized spacial score (nSPS) is 19.6. The van der Waals surface area contributed by atoms with E-state index in [1.807, 2.05) is 6.92 Å². The maximum atomic E-state index is 12.2. The van der Waals surface area contributed by atoms with Crippen molar-refractivity contribution in [1.29, 1.82) is 0 Å². The first kappa shape index (κ1) is 22.8. The molecule has 0 aliphatic carbocycles. The third kappa shape index (κ3) is 7.11. The maximum absolute atomic E-state index is 12.2. The predicted molar refractivity (Wildman–Crippen MR) is 102 cm³/mol. The molecule has 11 heteroatoms. The number of carbonyl (C=O) groups is 2. The summed E-state index contributed by atoms with van der Waals surface area (Å²) in [6.07, 6.45) is 4.66. The molecule has 29 heavy (non-hydrogen) atoms. The van der Waals surface area contributed by atoms with Crippen molar-refractivity contribution in [3.8, 4) is 0 Å². The molecule has 1 fully saturated rings. The molecule has 3 atom stereocenters. The van der Waals surface area contributed by atoms with Crippen LogP contribution in [0.1, 0.15) is 51.7 Å². The number of carbonyl (C=O) groups excluding carboxylic acids is 2. The van der Waals surface area contributed by atoms with Gasteiger partial charge in [0.2, 0.25) is 0 Å². The molecule has 0 amide bonds. The molecule has 0 unspecified atom stereocenters. The minimum Gasteiger partial charge on any atom is -0.462 e. The minimum absolute atomic E-state index is 0.0150. The fourth-order valence-corrected chi connectivity index (χ4v) is 2.74. The van der Waals surface area contributed by atoms with E-state index in [0.717, 1.165) is 19.3 Å². The molecule has 4 N–H and O–H groups in total. The van der Waals surface area contributed by atoms with Crippen LogP contribution < -0.4 is 16.9 Å². The van der Waals surface area contributed by atoms with E-state index in [1.54, 1.807) is 0 Å².